The van der Waals surface area contributed by atoms with Crippen LogP contribution in [0.1, 0.15) is 33.6 Å². The summed E-state index contributed by atoms with van der Waals surface area (Å²) in [7, 11) is 0. The first-order valence-corrected chi connectivity index (χ1v) is 6.24. The van der Waals surface area contributed by atoms with Crippen LogP contribution in [0.4, 0.5) is 0 Å². The maximum Gasteiger partial charge on any atom is 0.222 e. The fourth-order valence-electron chi connectivity index (χ4n) is 1.17. The molecule has 0 saturated carbocycles. The molecular weight excluding hydrogens is 204 g/mol. The number of carbonyl (C=O) groups is 1. The second kappa shape index (κ2) is 10.9. The molecule has 0 aliphatic carbocycles. The molecule has 0 aliphatic rings. The van der Waals surface area contributed by atoms with Crippen LogP contribution in [0.5, 0.6) is 0 Å². The summed E-state index contributed by atoms with van der Waals surface area (Å²) < 4.78 is 5.43. The van der Waals surface area contributed by atoms with Gasteiger partial charge in [0.1, 0.15) is 0 Å². The number of amides is 1. The van der Waals surface area contributed by atoms with Gasteiger partial charge in [-0.25, -0.2) is 0 Å². The minimum Gasteiger partial charge on any atom is -0.381 e. The van der Waals surface area contributed by atoms with Crippen molar-refractivity contribution >= 4 is 5.91 Å². The smallest absolute Gasteiger partial charge is 0.222 e. The summed E-state index contributed by atoms with van der Waals surface area (Å²) in [5.74, 6) is 0.188. The molecule has 2 N–H and O–H groups in total. The van der Waals surface area contributed by atoms with Gasteiger partial charge in [-0.2, -0.15) is 0 Å². The van der Waals surface area contributed by atoms with Crippen molar-refractivity contribution in [1.29, 1.82) is 0 Å². The van der Waals surface area contributed by atoms with Crippen molar-refractivity contribution in [3.05, 3.63) is 0 Å². The van der Waals surface area contributed by atoms with E-state index in [-0.39, 0.29) is 11.8 Å². The van der Waals surface area contributed by atoms with E-state index in [2.05, 4.69) is 17.6 Å². The molecule has 0 aliphatic heterocycles. The van der Waals surface area contributed by atoms with E-state index >= 15 is 0 Å². The quantitative estimate of drug-likeness (QED) is 0.554. The summed E-state index contributed by atoms with van der Waals surface area (Å²) in [5, 5.41) is 6.10. The molecular formula is C12H26N2O2. The van der Waals surface area contributed by atoms with Crippen LogP contribution in [0, 0.1) is 5.92 Å². The van der Waals surface area contributed by atoms with Gasteiger partial charge in [-0.1, -0.05) is 20.8 Å². The number of ether oxygens (including phenoxy) is 1. The average Bonchev–Trinajstić information content (AvgIpc) is 2.26. The van der Waals surface area contributed by atoms with Crippen molar-refractivity contribution in [1.82, 2.24) is 10.6 Å². The fraction of sp³-hybridized carbons (Fsp3) is 0.917. The summed E-state index contributed by atoms with van der Waals surface area (Å²) in [5.41, 5.74) is 0. The van der Waals surface area contributed by atoms with Crippen LogP contribution < -0.4 is 10.6 Å². The van der Waals surface area contributed by atoms with Gasteiger partial charge in [0.25, 0.3) is 0 Å². The van der Waals surface area contributed by atoms with Crippen LogP contribution in [-0.2, 0) is 9.53 Å². The van der Waals surface area contributed by atoms with Gasteiger partial charge >= 0.3 is 0 Å². The number of rotatable bonds is 10. The molecule has 0 atom stereocenters. The van der Waals surface area contributed by atoms with Crippen molar-refractivity contribution in [3.63, 3.8) is 0 Å². The Hall–Kier alpha value is -0.610. The SMILES string of the molecule is CCNCCCOCCCNC(=O)C(C)C. The van der Waals surface area contributed by atoms with Crippen molar-refractivity contribution in [2.45, 2.75) is 33.6 Å². The van der Waals surface area contributed by atoms with Gasteiger partial charge in [-0.05, 0) is 25.9 Å². The maximum atomic E-state index is 11.2. The monoisotopic (exact) mass is 230 g/mol. The molecule has 0 unspecified atom stereocenters. The summed E-state index contributed by atoms with van der Waals surface area (Å²) in [6.07, 6.45) is 1.94. The maximum absolute atomic E-state index is 11.2. The Balaban J connectivity index is 3.07. The molecule has 4 heteroatoms. The average molecular weight is 230 g/mol. The lowest BCUT2D eigenvalue weighted by atomic mass is 10.2. The summed E-state index contributed by atoms with van der Waals surface area (Å²) in [6, 6.07) is 0. The zero-order valence-electron chi connectivity index (χ0n) is 10.8. The molecule has 0 heterocycles. The molecule has 0 fully saturated rings. The van der Waals surface area contributed by atoms with Gasteiger partial charge < -0.3 is 15.4 Å². The Labute approximate surface area is 99.1 Å². The Morgan fingerprint density at radius 3 is 2.38 bits per heavy atom. The van der Waals surface area contributed by atoms with Gasteiger partial charge in [0, 0.05) is 25.7 Å². The Bertz CT molecular complexity index is 172. The molecule has 0 aromatic carbocycles. The molecule has 96 valence electrons. The Morgan fingerprint density at radius 2 is 1.81 bits per heavy atom. The Kier molecular flexibility index (Phi) is 10.5. The minimum absolute atomic E-state index is 0.0704. The van der Waals surface area contributed by atoms with Gasteiger partial charge in [0.2, 0.25) is 5.91 Å². The van der Waals surface area contributed by atoms with Crippen LogP contribution in [-0.4, -0.2) is 38.8 Å². The van der Waals surface area contributed by atoms with Crippen LogP contribution in [0.25, 0.3) is 0 Å². The Morgan fingerprint density at radius 1 is 1.19 bits per heavy atom. The number of carbonyl (C=O) groups excluding carboxylic acids is 1. The van der Waals surface area contributed by atoms with Crippen molar-refractivity contribution in [3.8, 4) is 0 Å². The van der Waals surface area contributed by atoms with E-state index in [1.165, 1.54) is 0 Å². The van der Waals surface area contributed by atoms with E-state index in [0.717, 1.165) is 39.1 Å². The van der Waals surface area contributed by atoms with Crippen LogP contribution in [0.2, 0.25) is 0 Å². The van der Waals surface area contributed by atoms with Crippen LogP contribution in [0.3, 0.4) is 0 Å². The number of hydrogen-bond donors (Lipinski definition) is 2. The van der Waals surface area contributed by atoms with Gasteiger partial charge in [-0.15, -0.1) is 0 Å². The lowest BCUT2D eigenvalue weighted by Crippen LogP contribution is -2.29. The standard InChI is InChI=1S/C12H26N2O2/c1-4-13-7-5-9-16-10-6-8-14-12(15)11(2)3/h11,13H,4-10H2,1-3H3,(H,14,15). The zero-order valence-corrected chi connectivity index (χ0v) is 10.8. The van der Waals surface area contributed by atoms with E-state index in [4.69, 9.17) is 4.74 Å². The van der Waals surface area contributed by atoms with Gasteiger partial charge in [0.15, 0.2) is 0 Å². The van der Waals surface area contributed by atoms with E-state index in [1.54, 1.807) is 0 Å². The van der Waals surface area contributed by atoms with Crippen LogP contribution >= 0.6 is 0 Å². The number of hydrogen-bond acceptors (Lipinski definition) is 3. The molecule has 4 nitrogen and oxygen atoms in total. The van der Waals surface area contributed by atoms with E-state index in [0.29, 0.717) is 6.54 Å². The molecule has 0 aromatic heterocycles. The molecule has 0 radical (unpaired) electrons. The third-order valence-electron chi connectivity index (χ3n) is 2.18. The largest absolute Gasteiger partial charge is 0.381 e. The molecule has 0 saturated heterocycles. The van der Waals surface area contributed by atoms with Crippen molar-refractivity contribution in [2.75, 3.05) is 32.8 Å². The normalized spacial score (nSPS) is 10.8. The first kappa shape index (κ1) is 15.4. The fourth-order valence-corrected chi connectivity index (χ4v) is 1.17. The molecule has 0 spiro atoms. The molecule has 0 bridgehead atoms. The lowest BCUT2D eigenvalue weighted by molar-refractivity contribution is -0.124. The first-order chi connectivity index (χ1) is 7.68. The lowest BCUT2D eigenvalue weighted by Gasteiger charge is -2.08. The first-order valence-electron chi connectivity index (χ1n) is 6.24. The molecule has 1 amide bonds. The van der Waals surface area contributed by atoms with E-state index in [9.17, 15) is 4.79 Å². The number of nitrogens with one attached hydrogen (secondary N) is 2. The topological polar surface area (TPSA) is 50.4 Å². The predicted octanol–water partition coefficient (Wildman–Crippen LogP) is 1.16. The highest BCUT2D eigenvalue weighted by Gasteiger charge is 2.04. The summed E-state index contributed by atoms with van der Waals surface area (Å²) >= 11 is 0. The summed E-state index contributed by atoms with van der Waals surface area (Å²) in [4.78, 5) is 11.2. The third-order valence-corrected chi connectivity index (χ3v) is 2.18. The van der Waals surface area contributed by atoms with Crippen molar-refractivity contribution < 1.29 is 9.53 Å². The third kappa shape index (κ3) is 9.93. The zero-order chi connectivity index (χ0) is 12.2. The minimum atomic E-state index is 0.0704. The van der Waals surface area contributed by atoms with Crippen molar-refractivity contribution in [2.24, 2.45) is 5.92 Å². The highest BCUT2D eigenvalue weighted by Crippen LogP contribution is 1.91. The summed E-state index contributed by atoms with van der Waals surface area (Å²) in [6.45, 7) is 10.2. The second-order valence-corrected chi connectivity index (χ2v) is 4.12. The van der Waals surface area contributed by atoms with Gasteiger partial charge in [0.05, 0.1) is 0 Å². The highest BCUT2D eigenvalue weighted by atomic mass is 16.5. The highest BCUT2D eigenvalue weighted by molar-refractivity contribution is 5.77. The molecule has 0 aromatic rings. The van der Waals surface area contributed by atoms with Gasteiger partial charge in [-0.3, -0.25) is 4.79 Å². The molecule has 0 rings (SSSR count). The molecule has 16 heavy (non-hydrogen) atoms. The van der Waals surface area contributed by atoms with E-state index < -0.39 is 0 Å². The predicted molar refractivity (Wildman–Crippen MR) is 66.4 cm³/mol. The second-order valence-electron chi connectivity index (χ2n) is 4.12. The van der Waals surface area contributed by atoms with Crippen LogP contribution in [0.15, 0.2) is 0 Å². The van der Waals surface area contributed by atoms with E-state index in [1.807, 2.05) is 13.8 Å².